The number of nitrogens with zero attached hydrogens (tertiary/aromatic N) is 2. The molecule has 13 heteroatoms. The first-order valence-corrected chi connectivity index (χ1v) is 13.3. The molecule has 192 valence electrons. The van der Waals surface area contributed by atoms with Crippen LogP contribution in [0.15, 0.2) is 64.7 Å². The van der Waals surface area contributed by atoms with Gasteiger partial charge in [-0.05, 0) is 24.3 Å². The van der Waals surface area contributed by atoms with Crippen LogP contribution in [0.2, 0.25) is 5.02 Å². The number of ketones is 1. The van der Waals surface area contributed by atoms with Gasteiger partial charge in [-0.1, -0.05) is 88.3 Å². The van der Waals surface area contributed by atoms with Gasteiger partial charge in [0, 0.05) is 16.1 Å². The number of Topliss-reactive ketones (excluding diaryl/α,β-unsaturated/α-hetero) is 1. The lowest BCUT2D eigenvalue weighted by molar-refractivity contribution is -0.154. The molecule has 3 amide bonds. The lowest BCUT2D eigenvalue weighted by Gasteiger charge is -2.36. The third-order valence-electron chi connectivity index (χ3n) is 6.84. The molecule has 1 saturated carbocycles. The van der Waals surface area contributed by atoms with Crippen molar-refractivity contribution in [1.82, 2.24) is 10.0 Å². The van der Waals surface area contributed by atoms with Crippen molar-refractivity contribution >= 4 is 105 Å². The number of amides is 3. The van der Waals surface area contributed by atoms with Gasteiger partial charge in [-0.3, -0.25) is 19.2 Å². The molecule has 37 heavy (non-hydrogen) atoms. The van der Waals surface area contributed by atoms with Crippen LogP contribution in [-0.4, -0.2) is 54.1 Å². The van der Waals surface area contributed by atoms with Gasteiger partial charge in [-0.2, -0.15) is 5.01 Å². The predicted molar refractivity (Wildman–Crippen MR) is 142 cm³/mol. The molecule has 0 spiro atoms. The number of rotatable bonds is 5. The quantitative estimate of drug-likeness (QED) is 0.227. The zero-order valence-electron chi connectivity index (χ0n) is 18.2. The van der Waals surface area contributed by atoms with Gasteiger partial charge in [0.2, 0.25) is 0 Å². The average Bonchev–Trinajstić information content (AvgIpc) is 3.26. The molecular formula is C24H13Cl7N2O4. The third kappa shape index (κ3) is 3.47. The number of alkyl halides is 4. The van der Waals surface area contributed by atoms with E-state index in [1.54, 1.807) is 18.2 Å². The van der Waals surface area contributed by atoms with Gasteiger partial charge in [0.1, 0.15) is 16.3 Å². The largest absolute Gasteiger partial charge is 0.292 e. The molecule has 4 atom stereocenters. The van der Waals surface area contributed by atoms with Crippen molar-refractivity contribution in [1.29, 1.82) is 0 Å². The van der Waals surface area contributed by atoms with E-state index in [1.165, 1.54) is 36.4 Å². The molecule has 0 aromatic heterocycles. The number of allylic oxidation sites excluding steroid dienone is 2. The maximum atomic E-state index is 13.8. The topological polar surface area (TPSA) is 74.8 Å². The first-order chi connectivity index (χ1) is 17.3. The van der Waals surface area contributed by atoms with Crippen LogP contribution in [-0.2, 0) is 9.59 Å². The summed E-state index contributed by atoms with van der Waals surface area (Å²) in [5.74, 6) is -6.20. The predicted octanol–water partition coefficient (Wildman–Crippen LogP) is 6.03. The van der Waals surface area contributed by atoms with Crippen molar-refractivity contribution in [3.63, 3.8) is 0 Å². The number of imide groups is 1. The molecule has 1 saturated heterocycles. The number of carbonyl (C=O) groups excluding carboxylic acids is 4. The fraction of sp³-hybridized carbons (Fsp3) is 0.250. The van der Waals surface area contributed by atoms with Crippen LogP contribution in [0.4, 0.5) is 0 Å². The molecule has 2 aliphatic carbocycles. The molecule has 3 aliphatic rings. The van der Waals surface area contributed by atoms with Crippen molar-refractivity contribution in [3.8, 4) is 0 Å². The van der Waals surface area contributed by atoms with E-state index in [9.17, 15) is 19.2 Å². The second-order valence-electron chi connectivity index (χ2n) is 8.73. The third-order valence-corrected chi connectivity index (χ3v) is 11.4. The molecule has 2 aromatic rings. The summed E-state index contributed by atoms with van der Waals surface area (Å²) in [4.78, 5) is 50.3. The number of carbonyl (C=O) groups is 4. The van der Waals surface area contributed by atoms with E-state index in [-0.39, 0.29) is 21.2 Å². The van der Waals surface area contributed by atoms with Crippen LogP contribution in [0, 0.1) is 11.8 Å². The second kappa shape index (κ2) is 9.02. The van der Waals surface area contributed by atoms with E-state index in [0.29, 0.717) is 10.0 Å². The van der Waals surface area contributed by atoms with Crippen LogP contribution < -0.4 is 0 Å². The van der Waals surface area contributed by atoms with Crippen LogP contribution in [0.3, 0.4) is 0 Å². The fourth-order valence-corrected chi connectivity index (χ4v) is 8.10. The van der Waals surface area contributed by atoms with Crippen LogP contribution in [0.1, 0.15) is 20.7 Å². The Kier molecular flexibility index (Phi) is 6.60. The van der Waals surface area contributed by atoms with Crippen molar-refractivity contribution < 1.29 is 19.2 Å². The molecule has 0 radical (unpaired) electrons. The van der Waals surface area contributed by atoms with Crippen LogP contribution >= 0.6 is 81.2 Å². The Balaban J connectivity index is 1.60. The molecule has 1 heterocycles. The number of halogens is 7. The maximum absolute atomic E-state index is 13.8. The number of benzene rings is 2. The first-order valence-electron chi connectivity index (χ1n) is 10.7. The van der Waals surface area contributed by atoms with E-state index >= 15 is 0 Å². The normalized spacial score (nSPS) is 29.6. The molecule has 5 rings (SSSR count). The van der Waals surface area contributed by atoms with Gasteiger partial charge in [0.25, 0.3) is 17.7 Å². The summed E-state index contributed by atoms with van der Waals surface area (Å²) in [5.41, 5.74) is 0.317. The maximum Gasteiger partial charge on any atom is 0.273 e. The van der Waals surface area contributed by atoms with E-state index in [0.717, 1.165) is 5.01 Å². The number of hydrogen-bond donors (Lipinski definition) is 0. The average molecular weight is 642 g/mol. The lowest BCUT2D eigenvalue weighted by Crippen LogP contribution is -2.56. The van der Waals surface area contributed by atoms with Gasteiger partial charge in [-0.15, -0.1) is 23.2 Å². The summed E-state index contributed by atoms with van der Waals surface area (Å²) >= 11 is 45.2. The van der Waals surface area contributed by atoms with Gasteiger partial charge in [0.15, 0.2) is 10.1 Å². The number of fused-ring (bicyclic) bond motifs is 5. The van der Waals surface area contributed by atoms with Crippen LogP contribution in [0.25, 0.3) is 0 Å². The summed E-state index contributed by atoms with van der Waals surface area (Å²) in [5, 5.41) is 1.12. The highest BCUT2D eigenvalue weighted by Gasteiger charge is 2.88. The highest BCUT2D eigenvalue weighted by atomic mass is 35.5. The molecule has 0 unspecified atom stereocenters. The molecule has 2 fully saturated rings. The molecule has 2 bridgehead atoms. The molecule has 6 nitrogen and oxygen atoms in total. The fourth-order valence-electron chi connectivity index (χ4n) is 5.04. The second-order valence-corrected chi connectivity index (χ2v) is 12.4. The number of hydrogen-bond acceptors (Lipinski definition) is 4. The Morgan fingerprint density at radius 1 is 0.757 bits per heavy atom. The minimum absolute atomic E-state index is 0.0605. The van der Waals surface area contributed by atoms with E-state index in [1.807, 2.05) is 0 Å². The smallest absolute Gasteiger partial charge is 0.273 e. The Labute approximate surface area is 245 Å². The molecule has 0 N–H and O–H groups in total. The Morgan fingerprint density at radius 3 is 1.73 bits per heavy atom. The lowest BCUT2D eigenvalue weighted by atomic mass is 9.84. The Morgan fingerprint density at radius 2 is 1.24 bits per heavy atom. The summed E-state index contributed by atoms with van der Waals surface area (Å²) < 4.78 is -2.13. The van der Waals surface area contributed by atoms with E-state index in [2.05, 4.69) is 0 Å². The SMILES string of the molecule is O=C(CN(C(=O)c1ccc(Cl)cc1)N1C(=O)[C@H]2[C@H](C1=O)[C@@]1(Cl)C(Cl)=C(Cl)[C@@]2(Cl)C1(Cl)Cl)c1ccccc1. The van der Waals surface area contributed by atoms with E-state index in [4.69, 9.17) is 81.2 Å². The summed E-state index contributed by atoms with van der Waals surface area (Å²) in [6.45, 7) is -0.658. The van der Waals surface area contributed by atoms with Crippen LogP contribution in [0.5, 0.6) is 0 Å². The highest BCUT2D eigenvalue weighted by Crippen LogP contribution is 2.77. The zero-order valence-corrected chi connectivity index (χ0v) is 23.5. The zero-order chi connectivity index (χ0) is 27.1. The standard InChI is InChI=1S/C24H13Cl7N2O4/c25-13-8-6-12(7-9-13)19(35)32(10-14(34)11-4-2-1-3-5-11)33-20(36)15-16(21(33)37)23(29)18(27)17(26)22(15,28)24(23,30)31/h1-9,15-16H,10H2/t15-,16-,22-,23-/m1/s1. The van der Waals surface area contributed by atoms with Gasteiger partial charge in [-0.25, -0.2) is 5.01 Å². The minimum Gasteiger partial charge on any atom is -0.292 e. The monoisotopic (exact) mass is 638 g/mol. The van der Waals surface area contributed by atoms with Gasteiger partial charge >= 0.3 is 0 Å². The van der Waals surface area contributed by atoms with Gasteiger partial charge < -0.3 is 0 Å². The van der Waals surface area contributed by atoms with Crippen molar-refractivity contribution in [2.24, 2.45) is 11.8 Å². The molecule has 1 aliphatic heterocycles. The summed E-state index contributed by atoms with van der Waals surface area (Å²) in [6.07, 6.45) is 0. The number of hydrazine groups is 1. The molecule has 2 aromatic carbocycles. The van der Waals surface area contributed by atoms with Crippen molar-refractivity contribution in [3.05, 3.63) is 80.8 Å². The van der Waals surface area contributed by atoms with Gasteiger partial charge in [0.05, 0.1) is 21.9 Å². The Bertz CT molecular complexity index is 1350. The Hall–Kier alpha value is -1.51. The molecular weight excluding hydrogens is 628 g/mol. The highest BCUT2D eigenvalue weighted by molar-refractivity contribution is 6.66. The minimum atomic E-state index is -2.13. The van der Waals surface area contributed by atoms with Crippen molar-refractivity contribution in [2.45, 2.75) is 14.1 Å². The first kappa shape index (κ1) is 27.1. The summed E-state index contributed by atoms with van der Waals surface area (Å²) in [6, 6.07) is 13.8. The van der Waals surface area contributed by atoms with Crippen molar-refractivity contribution in [2.75, 3.05) is 6.54 Å². The summed E-state index contributed by atoms with van der Waals surface area (Å²) in [7, 11) is 0. The van der Waals surface area contributed by atoms with E-state index < -0.39 is 56.0 Å².